The SMILES string of the molecule is Cc1cnccc1N1CCCN(C(=O)[C@@H]2C[C@@H](O)CN2)CC1. The van der Waals surface area contributed by atoms with E-state index in [4.69, 9.17) is 0 Å². The van der Waals surface area contributed by atoms with Gasteiger partial charge in [-0.1, -0.05) is 0 Å². The summed E-state index contributed by atoms with van der Waals surface area (Å²) in [6.45, 7) is 5.90. The first-order valence-electron chi connectivity index (χ1n) is 8.01. The van der Waals surface area contributed by atoms with E-state index in [1.807, 2.05) is 23.4 Å². The molecule has 2 aliphatic heterocycles. The molecule has 0 aliphatic carbocycles. The third-order valence-electron chi connectivity index (χ3n) is 4.54. The summed E-state index contributed by atoms with van der Waals surface area (Å²) in [6, 6.07) is 1.83. The molecule has 1 amide bonds. The number of carbonyl (C=O) groups is 1. The van der Waals surface area contributed by atoms with E-state index in [1.165, 1.54) is 11.3 Å². The van der Waals surface area contributed by atoms with E-state index in [2.05, 4.69) is 22.1 Å². The normalized spacial score (nSPS) is 26.1. The molecule has 1 aromatic heterocycles. The van der Waals surface area contributed by atoms with Crippen LogP contribution >= 0.6 is 0 Å². The first-order chi connectivity index (χ1) is 10.6. The third-order valence-corrected chi connectivity index (χ3v) is 4.54. The van der Waals surface area contributed by atoms with E-state index in [0.717, 1.165) is 32.6 Å². The lowest BCUT2D eigenvalue weighted by Crippen LogP contribution is -2.45. The van der Waals surface area contributed by atoms with Gasteiger partial charge in [-0.3, -0.25) is 9.78 Å². The molecule has 3 heterocycles. The predicted octanol–water partition coefficient (Wildman–Crippen LogP) is 0.152. The van der Waals surface area contributed by atoms with Crippen LogP contribution < -0.4 is 10.2 Å². The number of nitrogens with one attached hydrogen (secondary N) is 1. The number of amides is 1. The number of hydrogen-bond donors (Lipinski definition) is 2. The number of rotatable bonds is 2. The summed E-state index contributed by atoms with van der Waals surface area (Å²) in [6.07, 6.45) is 4.80. The van der Waals surface area contributed by atoms with E-state index in [1.54, 1.807) is 0 Å². The van der Waals surface area contributed by atoms with Gasteiger partial charge in [0.1, 0.15) is 0 Å². The summed E-state index contributed by atoms with van der Waals surface area (Å²) in [4.78, 5) is 20.9. The van der Waals surface area contributed by atoms with Gasteiger partial charge in [-0.2, -0.15) is 0 Å². The molecule has 120 valence electrons. The molecule has 0 bridgehead atoms. The van der Waals surface area contributed by atoms with Crippen molar-refractivity contribution in [3.8, 4) is 0 Å². The number of aliphatic hydroxyl groups is 1. The molecule has 0 radical (unpaired) electrons. The molecule has 3 rings (SSSR count). The minimum atomic E-state index is -0.392. The second-order valence-electron chi connectivity index (χ2n) is 6.18. The Morgan fingerprint density at radius 3 is 2.95 bits per heavy atom. The van der Waals surface area contributed by atoms with Crippen molar-refractivity contribution in [1.82, 2.24) is 15.2 Å². The summed E-state index contributed by atoms with van der Waals surface area (Å²) >= 11 is 0. The summed E-state index contributed by atoms with van der Waals surface area (Å²) < 4.78 is 0. The van der Waals surface area contributed by atoms with Gasteiger partial charge in [0, 0.05) is 50.8 Å². The number of hydrogen-bond acceptors (Lipinski definition) is 5. The molecule has 2 fully saturated rings. The van der Waals surface area contributed by atoms with Gasteiger partial charge in [-0.25, -0.2) is 0 Å². The number of aliphatic hydroxyl groups excluding tert-OH is 1. The van der Waals surface area contributed by atoms with Crippen LogP contribution in [0.1, 0.15) is 18.4 Å². The van der Waals surface area contributed by atoms with Crippen LogP contribution in [0.15, 0.2) is 18.5 Å². The van der Waals surface area contributed by atoms with Crippen LogP contribution in [0.2, 0.25) is 0 Å². The second kappa shape index (κ2) is 6.62. The monoisotopic (exact) mass is 304 g/mol. The Bertz CT molecular complexity index is 537. The minimum absolute atomic E-state index is 0.129. The molecule has 0 saturated carbocycles. The Labute approximate surface area is 131 Å². The third kappa shape index (κ3) is 3.23. The zero-order valence-electron chi connectivity index (χ0n) is 13.0. The lowest BCUT2D eigenvalue weighted by molar-refractivity contribution is -0.133. The second-order valence-corrected chi connectivity index (χ2v) is 6.18. The fourth-order valence-electron chi connectivity index (χ4n) is 3.33. The maximum absolute atomic E-state index is 12.5. The zero-order chi connectivity index (χ0) is 15.5. The highest BCUT2D eigenvalue weighted by Gasteiger charge is 2.32. The standard InChI is InChI=1S/C16H24N4O2/c1-12-10-17-4-3-15(12)19-5-2-6-20(8-7-19)16(22)14-9-13(21)11-18-14/h3-4,10,13-14,18,21H,2,5-9,11H2,1H3/t13-,14+/m1/s1. The number of aryl methyl sites for hydroxylation is 1. The number of aromatic nitrogens is 1. The Balaban J connectivity index is 1.63. The Kier molecular flexibility index (Phi) is 4.59. The topological polar surface area (TPSA) is 68.7 Å². The Morgan fingerprint density at radius 2 is 2.23 bits per heavy atom. The summed E-state index contributed by atoms with van der Waals surface area (Å²) in [5.74, 6) is 0.129. The van der Waals surface area contributed by atoms with Crippen molar-refractivity contribution in [2.45, 2.75) is 31.9 Å². The minimum Gasteiger partial charge on any atom is -0.392 e. The van der Waals surface area contributed by atoms with Gasteiger partial charge in [0.15, 0.2) is 0 Å². The highest BCUT2D eigenvalue weighted by molar-refractivity contribution is 5.82. The van der Waals surface area contributed by atoms with Gasteiger partial charge in [-0.05, 0) is 31.4 Å². The molecular weight excluding hydrogens is 280 g/mol. The Morgan fingerprint density at radius 1 is 1.36 bits per heavy atom. The summed E-state index contributed by atoms with van der Waals surface area (Å²) in [7, 11) is 0. The smallest absolute Gasteiger partial charge is 0.239 e. The van der Waals surface area contributed by atoms with E-state index in [9.17, 15) is 9.90 Å². The van der Waals surface area contributed by atoms with Crippen LogP contribution in [0.25, 0.3) is 0 Å². The zero-order valence-corrected chi connectivity index (χ0v) is 13.0. The fourth-order valence-corrected chi connectivity index (χ4v) is 3.33. The molecule has 2 atom stereocenters. The van der Waals surface area contributed by atoms with Crippen molar-refractivity contribution >= 4 is 11.6 Å². The maximum Gasteiger partial charge on any atom is 0.239 e. The molecule has 0 aromatic carbocycles. The van der Waals surface area contributed by atoms with Gasteiger partial charge in [0.25, 0.3) is 0 Å². The van der Waals surface area contributed by atoms with E-state index >= 15 is 0 Å². The van der Waals surface area contributed by atoms with Crippen molar-refractivity contribution in [2.24, 2.45) is 0 Å². The van der Waals surface area contributed by atoms with Crippen LogP contribution in [0.3, 0.4) is 0 Å². The van der Waals surface area contributed by atoms with Gasteiger partial charge in [-0.15, -0.1) is 0 Å². The Hall–Kier alpha value is -1.66. The number of pyridine rings is 1. The first kappa shape index (κ1) is 15.2. The van der Waals surface area contributed by atoms with Gasteiger partial charge in [0.05, 0.1) is 12.1 Å². The van der Waals surface area contributed by atoms with Crippen LogP contribution in [0.5, 0.6) is 0 Å². The van der Waals surface area contributed by atoms with E-state index in [-0.39, 0.29) is 11.9 Å². The van der Waals surface area contributed by atoms with Gasteiger partial charge >= 0.3 is 0 Å². The highest BCUT2D eigenvalue weighted by Crippen LogP contribution is 2.20. The van der Waals surface area contributed by atoms with E-state index < -0.39 is 6.10 Å². The molecule has 6 heteroatoms. The molecule has 0 unspecified atom stereocenters. The molecule has 2 aliphatic rings. The number of nitrogens with zero attached hydrogens (tertiary/aromatic N) is 3. The first-order valence-corrected chi connectivity index (χ1v) is 8.01. The molecular formula is C16H24N4O2. The van der Waals surface area contributed by atoms with Crippen LogP contribution in [0, 0.1) is 6.92 Å². The predicted molar refractivity (Wildman–Crippen MR) is 84.8 cm³/mol. The van der Waals surface area contributed by atoms with Crippen molar-refractivity contribution in [1.29, 1.82) is 0 Å². The van der Waals surface area contributed by atoms with Crippen LogP contribution in [-0.4, -0.2) is 65.8 Å². The van der Waals surface area contributed by atoms with Crippen molar-refractivity contribution < 1.29 is 9.90 Å². The molecule has 6 nitrogen and oxygen atoms in total. The molecule has 2 N–H and O–H groups in total. The molecule has 22 heavy (non-hydrogen) atoms. The van der Waals surface area contributed by atoms with Gasteiger partial charge < -0.3 is 20.2 Å². The summed E-state index contributed by atoms with van der Waals surface area (Å²) in [5, 5.41) is 12.7. The quantitative estimate of drug-likeness (QED) is 0.814. The molecule has 0 spiro atoms. The maximum atomic E-state index is 12.5. The van der Waals surface area contributed by atoms with Gasteiger partial charge in [0.2, 0.25) is 5.91 Å². The van der Waals surface area contributed by atoms with Crippen molar-refractivity contribution in [3.63, 3.8) is 0 Å². The van der Waals surface area contributed by atoms with Crippen molar-refractivity contribution in [3.05, 3.63) is 24.0 Å². The lowest BCUT2D eigenvalue weighted by atomic mass is 10.2. The number of carbonyl (C=O) groups excluding carboxylic acids is 1. The highest BCUT2D eigenvalue weighted by atomic mass is 16.3. The van der Waals surface area contributed by atoms with Crippen LogP contribution in [0.4, 0.5) is 5.69 Å². The molecule has 2 saturated heterocycles. The molecule has 1 aromatic rings. The average molecular weight is 304 g/mol. The van der Waals surface area contributed by atoms with Crippen LogP contribution in [-0.2, 0) is 4.79 Å². The average Bonchev–Trinajstić information content (AvgIpc) is 2.81. The number of β-amino-alcohol motifs (C(OH)–C–C–N with tert-alkyl or cyclic N) is 1. The van der Waals surface area contributed by atoms with Crippen molar-refractivity contribution in [2.75, 3.05) is 37.6 Å². The fraction of sp³-hybridized carbons (Fsp3) is 0.625. The number of anilines is 1. The van der Waals surface area contributed by atoms with E-state index in [0.29, 0.717) is 13.0 Å². The lowest BCUT2D eigenvalue weighted by Gasteiger charge is -2.26. The summed E-state index contributed by atoms with van der Waals surface area (Å²) in [5.41, 5.74) is 2.38. The largest absolute Gasteiger partial charge is 0.392 e.